The second-order valence-electron chi connectivity index (χ2n) is 8.65. The molecule has 2 amide bonds. The Hall–Kier alpha value is -1.47. The minimum Gasteiger partial charge on any atom is -0.459 e. The molecule has 162 valence electrons. The van der Waals surface area contributed by atoms with Crippen LogP contribution in [-0.2, 0) is 4.79 Å². The molecule has 2 fully saturated rings. The van der Waals surface area contributed by atoms with Gasteiger partial charge in [-0.1, -0.05) is 20.3 Å². The molecule has 29 heavy (non-hydrogen) atoms. The molecule has 2 aliphatic heterocycles. The van der Waals surface area contributed by atoms with E-state index in [1.54, 1.807) is 28.8 Å². The van der Waals surface area contributed by atoms with Gasteiger partial charge < -0.3 is 19.5 Å². The minimum absolute atomic E-state index is 0.0116. The minimum atomic E-state index is -0.435. The summed E-state index contributed by atoms with van der Waals surface area (Å²) in [5, 5.41) is 3.09. The lowest BCUT2D eigenvalue weighted by Crippen LogP contribution is -2.50. The Kier molecular flexibility index (Phi) is 8.07. The third kappa shape index (κ3) is 5.79. The van der Waals surface area contributed by atoms with Crippen LogP contribution in [0, 0.1) is 5.92 Å². The second kappa shape index (κ2) is 10.5. The van der Waals surface area contributed by atoms with Gasteiger partial charge >= 0.3 is 0 Å². The van der Waals surface area contributed by atoms with E-state index in [2.05, 4.69) is 31.0 Å². The van der Waals surface area contributed by atoms with Crippen LogP contribution in [0.15, 0.2) is 22.8 Å². The molecule has 1 aromatic heterocycles. The largest absolute Gasteiger partial charge is 0.459 e. The SMILES string of the molecule is CC(C)CC1SCC(C(=O)NCCCN2CCCCC2C)N1C(=O)c1ccco1. The van der Waals surface area contributed by atoms with Crippen molar-refractivity contribution in [1.29, 1.82) is 0 Å². The maximum atomic E-state index is 13.0. The molecule has 0 aliphatic carbocycles. The normalized spacial score (nSPS) is 25.5. The number of nitrogens with zero attached hydrogens (tertiary/aromatic N) is 2. The Morgan fingerprint density at radius 1 is 1.34 bits per heavy atom. The van der Waals surface area contributed by atoms with Gasteiger partial charge in [-0.15, -0.1) is 11.8 Å². The lowest BCUT2D eigenvalue weighted by molar-refractivity contribution is -0.124. The zero-order chi connectivity index (χ0) is 20.8. The molecule has 0 saturated carbocycles. The van der Waals surface area contributed by atoms with Gasteiger partial charge in [-0.2, -0.15) is 0 Å². The molecule has 2 saturated heterocycles. The Morgan fingerprint density at radius 3 is 2.86 bits per heavy atom. The van der Waals surface area contributed by atoms with Crippen molar-refractivity contribution in [2.75, 3.05) is 25.4 Å². The first-order valence-corrected chi connectivity index (χ1v) is 12.0. The second-order valence-corrected chi connectivity index (χ2v) is 9.86. The highest BCUT2D eigenvalue weighted by atomic mass is 32.2. The van der Waals surface area contributed by atoms with Gasteiger partial charge in [0.1, 0.15) is 6.04 Å². The standard InChI is InChI=1S/C22H35N3O3S/c1-16(2)14-20-25(22(27)19-9-6-13-28-19)18(15-29-20)21(26)23-10-7-12-24-11-5-4-8-17(24)3/h6,9,13,16-18,20H,4-5,7-8,10-12,14-15H2,1-3H3,(H,23,26). The summed E-state index contributed by atoms with van der Waals surface area (Å²) in [4.78, 5) is 30.2. The van der Waals surface area contributed by atoms with Gasteiger partial charge in [-0.3, -0.25) is 9.59 Å². The van der Waals surface area contributed by atoms with Crippen molar-refractivity contribution >= 4 is 23.6 Å². The third-order valence-corrected chi connectivity index (χ3v) is 7.21. The number of likely N-dealkylation sites (tertiary alicyclic amines) is 1. The number of carbonyl (C=O) groups is 2. The van der Waals surface area contributed by atoms with Gasteiger partial charge in [-0.05, 0) is 57.2 Å². The monoisotopic (exact) mass is 421 g/mol. The first-order chi connectivity index (χ1) is 14.0. The number of rotatable bonds is 8. The smallest absolute Gasteiger partial charge is 0.291 e. The molecule has 0 aromatic carbocycles. The van der Waals surface area contributed by atoms with Crippen LogP contribution in [0.2, 0.25) is 0 Å². The fourth-order valence-electron chi connectivity index (χ4n) is 4.25. The van der Waals surface area contributed by atoms with Crippen LogP contribution in [0.5, 0.6) is 0 Å². The number of carbonyl (C=O) groups excluding carboxylic acids is 2. The molecule has 3 rings (SSSR count). The number of thioether (sulfide) groups is 1. The van der Waals surface area contributed by atoms with E-state index in [1.807, 2.05) is 0 Å². The maximum Gasteiger partial charge on any atom is 0.291 e. The topological polar surface area (TPSA) is 65.8 Å². The molecule has 3 heterocycles. The van der Waals surface area contributed by atoms with Crippen molar-refractivity contribution in [2.45, 2.75) is 70.3 Å². The van der Waals surface area contributed by atoms with Crippen LogP contribution in [0.4, 0.5) is 0 Å². The number of nitrogens with one attached hydrogen (secondary N) is 1. The summed E-state index contributed by atoms with van der Waals surface area (Å²) in [5.74, 6) is 1.16. The van der Waals surface area contributed by atoms with E-state index in [9.17, 15) is 9.59 Å². The highest BCUT2D eigenvalue weighted by molar-refractivity contribution is 8.00. The first kappa shape index (κ1) is 22.2. The summed E-state index contributed by atoms with van der Waals surface area (Å²) in [7, 11) is 0. The van der Waals surface area contributed by atoms with Crippen LogP contribution >= 0.6 is 11.8 Å². The van der Waals surface area contributed by atoms with Crippen molar-refractivity contribution in [3.63, 3.8) is 0 Å². The maximum absolute atomic E-state index is 13.0. The zero-order valence-corrected chi connectivity index (χ0v) is 18.7. The molecule has 1 aromatic rings. The molecule has 6 nitrogen and oxygen atoms in total. The summed E-state index contributed by atoms with van der Waals surface area (Å²) in [6.45, 7) is 9.42. The molecule has 0 bridgehead atoms. The fourth-order valence-corrected chi connectivity index (χ4v) is 5.89. The number of hydrogen-bond donors (Lipinski definition) is 1. The highest BCUT2D eigenvalue weighted by Gasteiger charge is 2.42. The third-order valence-electron chi connectivity index (χ3n) is 5.90. The summed E-state index contributed by atoms with van der Waals surface area (Å²) >= 11 is 1.70. The van der Waals surface area contributed by atoms with E-state index in [-0.39, 0.29) is 17.2 Å². The molecule has 0 spiro atoms. The van der Waals surface area contributed by atoms with Gasteiger partial charge in [-0.25, -0.2) is 0 Å². The Morgan fingerprint density at radius 2 is 2.17 bits per heavy atom. The average molecular weight is 422 g/mol. The van der Waals surface area contributed by atoms with Crippen LogP contribution in [0.25, 0.3) is 0 Å². The van der Waals surface area contributed by atoms with E-state index in [4.69, 9.17) is 4.42 Å². The molecule has 3 atom stereocenters. The summed E-state index contributed by atoms with van der Waals surface area (Å²) in [5.41, 5.74) is 0. The molecule has 2 aliphatic rings. The van der Waals surface area contributed by atoms with Gasteiger partial charge in [0.15, 0.2) is 5.76 Å². The van der Waals surface area contributed by atoms with Crippen LogP contribution in [-0.4, -0.2) is 64.5 Å². The van der Waals surface area contributed by atoms with Crippen molar-refractivity contribution < 1.29 is 14.0 Å². The summed E-state index contributed by atoms with van der Waals surface area (Å²) in [6, 6.07) is 3.59. The Balaban J connectivity index is 1.55. The Labute approximate surface area is 178 Å². The van der Waals surface area contributed by atoms with Crippen LogP contribution in [0.1, 0.15) is 63.4 Å². The van der Waals surface area contributed by atoms with E-state index in [0.29, 0.717) is 30.0 Å². The van der Waals surface area contributed by atoms with E-state index >= 15 is 0 Å². The fraction of sp³-hybridized carbons (Fsp3) is 0.727. The van der Waals surface area contributed by atoms with E-state index < -0.39 is 6.04 Å². The quantitative estimate of drug-likeness (QED) is 0.650. The lowest BCUT2D eigenvalue weighted by Gasteiger charge is -2.33. The highest BCUT2D eigenvalue weighted by Crippen LogP contribution is 2.34. The van der Waals surface area contributed by atoms with Crippen LogP contribution in [0.3, 0.4) is 0 Å². The van der Waals surface area contributed by atoms with Crippen LogP contribution < -0.4 is 5.32 Å². The van der Waals surface area contributed by atoms with E-state index in [1.165, 1.54) is 25.5 Å². The van der Waals surface area contributed by atoms with Gasteiger partial charge in [0.05, 0.1) is 11.6 Å². The number of hydrogen-bond acceptors (Lipinski definition) is 5. The predicted octanol–water partition coefficient (Wildman–Crippen LogP) is 3.59. The van der Waals surface area contributed by atoms with Gasteiger partial charge in [0.25, 0.3) is 5.91 Å². The predicted molar refractivity (Wildman–Crippen MR) is 117 cm³/mol. The zero-order valence-electron chi connectivity index (χ0n) is 17.9. The summed E-state index contributed by atoms with van der Waals surface area (Å²) in [6.07, 6.45) is 7.18. The van der Waals surface area contributed by atoms with Crippen molar-refractivity contribution in [1.82, 2.24) is 15.1 Å². The summed E-state index contributed by atoms with van der Waals surface area (Å²) < 4.78 is 5.33. The molecule has 3 unspecified atom stereocenters. The number of amides is 2. The molecule has 7 heteroatoms. The van der Waals surface area contributed by atoms with Crippen molar-refractivity contribution in [2.24, 2.45) is 5.92 Å². The number of furan rings is 1. The van der Waals surface area contributed by atoms with Gasteiger partial charge in [0.2, 0.25) is 5.91 Å². The lowest BCUT2D eigenvalue weighted by atomic mass is 10.0. The molecule has 0 radical (unpaired) electrons. The van der Waals surface area contributed by atoms with Crippen molar-refractivity contribution in [3.8, 4) is 0 Å². The Bertz CT molecular complexity index is 664. The van der Waals surface area contributed by atoms with Gasteiger partial charge in [0, 0.05) is 24.9 Å². The first-order valence-electron chi connectivity index (χ1n) is 11.0. The molecule has 1 N–H and O–H groups in total. The van der Waals surface area contributed by atoms with Crippen molar-refractivity contribution in [3.05, 3.63) is 24.2 Å². The van der Waals surface area contributed by atoms with E-state index in [0.717, 1.165) is 25.9 Å². The molecular weight excluding hydrogens is 386 g/mol. The molecular formula is C22H35N3O3S. The number of piperidine rings is 1. The average Bonchev–Trinajstić information content (AvgIpc) is 3.35.